The van der Waals surface area contributed by atoms with Crippen LogP contribution in [0, 0.1) is 11.6 Å². The van der Waals surface area contributed by atoms with E-state index < -0.39 is 11.6 Å². The van der Waals surface area contributed by atoms with Gasteiger partial charge in [0, 0.05) is 12.6 Å². The number of benzene rings is 1. The number of likely N-dealkylation sites (tertiary alicyclic amines) is 1. The lowest BCUT2D eigenvalue weighted by molar-refractivity contribution is 0.0937. The molecule has 1 amide bonds. The lowest BCUT2D eigenvalue weighted by atomic mass is 10.1. The quantitative estimate of drug-likeness (QED) is 0.855. The van der Waals surface area contributed by atoms with Gasteiger partial charge in [-0.1, -0.05) is 11.2 Å². The number of hydrogen-bond acceptors (Lipinski definition) is 5. The normalized spacial score (nSPS) is 20.5. The fourth-order valence-electron chi connectivity index (χ4n) is 3.28. The van der Waals surface area contributed by atoms with Crippen molar-refractivity contribution in [1.29, 1.82) is 0 Å². The van der Waals surface area contributed by atoms with Crippen molar-refractivity contribution in [3.63, 3.8) is 0 Å². The van der Waals surface area contributed by atoms with Crippen LogP contribution >= 0.6 is 0 Å². The largest absolute Gasteiger partial charge is 0.346 e. The number of halogens is 2. The van der Waals surface area contributed by atoms with Crippen molar-refractivity contribution >= 4 is 5.91 Å². The molecule has 4 rings (SSSR count). The number of aromatic nitrogens is 2. The molecular formula is C18H20F2N4O2. The Labute approximate surface area is 149 Å². The van der Waals surface area contributed by atoms with Gasteiger partial charge >= 0.3 is 0 Å². The average molecular weight is 362 g/mol. The Morgan fingerprint density at radius 1 is 1.27 bits per heavy atom. The molecule has 0 bridgehead atoms. The van der Waals surface area contributed by atoms with Crippen LogP contribution in [0.25, 0.3) is 0 Å². The maximum atomic E-state index is 13.3. The number of carbonyl (C=O) groups excluding carboxylic acids is 1. The number of amides is 1. The minimum Gasteiger partial charge on any atom is -0.346 e. The van der Waals surface area contributed by atoms with E-state index >= 15 is 0 Å². The summed E-state index contributed by atoms with van der Waals surface area (Å²) in [5.41, 5.74) is 0.740. The summed E-state index contributed by atoms with van der Waals surface area (Å²) in [5, 5.41) is 6.64. The van der Waals surface area contributed by atoms with E-state index in [1.165, 1.54) is 6.07 Å². The zero-order valence-electron chi connectivity index (χ0n) is 14.3. The van der Waals surface area contributed by atoms with Crippen molar-refractivity contribution in [2.24, 2.45) is 0 Å². The minimum atomic E-state index is -0.837. The van der Waals surface area contributed by atoms with E-state index in [-0.39, 0.29) is 23.8 Å². The van der Waals surface area contributed by atoms with Crippen LogP contribution in [0.4, 0.5) is 8.78 Å². The number of rotatable bonds is 6. The van der Waals surface area contributed by atoms with Crippen LogP contribution in [-0.4, -0.2) is 40.1 Å². The molecule has 6 nitrogen and oxygen atoms in total. The summed E-state index contributed by atoms with van der Waals surface area (Å²) in [5.74, 6) is -1.46. The lowest BCUT2D eigenvalue weighted by Gasteiger charge is -2.21. The van der Waals surface area contributed by atoms with Crippen LogP contribution in [0.5, 0.6) is 0 Å². The molecule has 1 aliphatic heterocycles. The Kier molecular flexibility index (Phi) is 4.67. The monoisotopic (exact) mass is 362 g/mol. The third kappa shape index (κ3) is 3.75. The summed E-state index contributed by atoms with van der Waals surface area (Å²) < 4.78 is 31.7. The first kappa shape index (κ1) is 17.1. The van der Waals surface area contributed by atoms with Gasteiger partial charge in [-0.2, -0.15) is 4.98 Å². The summed E-state index contributed by atoms with van der Waals surface area (Å²) in [4.78, 5) is 18.4. The molecule has 1 N–H and O–H groups in total. The zero-order valence-corrected chi connectivity index (χ0v) is 14.3. The first-order valence-electron chi connectivity index (χ1n) is 8.92. The van der Waals surface area contributed by atoms with Gasteiger partial charge in [-0.25, -0.2) is 8.78 Å². The predicted octanol–water partition coefficient (Wildman–Crippen LogP) is 2.62. The molecule has 1 atom stereocenters. The van der Waals surface area contributed by atoms with Crippen molar-refractivity contribution in [3.05, 3.63) is 47.1 Å². The zero-order chi connectivity index (χ0) is 18.1. The molecule has 2 fully saturated rings. The van der Waals surface area contributed by atoms with E-state index in [0.29, 0.717) is 18.9 Å². The van der Waals surface area contributed by atoms with E-state index in [1.54, 1.807) is 6.07 Å². The van der Waals surface area contributed by atoms with Crippen molar-refractivity contribution in [2.45, 2.75) is 44.2 Å². The standard InChI is InChI=1S/C18H20F2N4O2/c19-13-6-3-11(10-14(13)20)7-9-24-8-1-2-15(24)18-22-16(23-26-18)17(25)21-12-4-5-12/h3,6,10,12,15H,1-2,4-5,7-9H2,(H,21,25). The second-order valence-electron chi connectivity index (χ2n) is 6.90. The van der Waals surface area contributed by atoms with Gasteiger partial charge in [-0.15, -0.1) is 0 Å². The Morgan fingerprint density at radius 2 is 2.12 bits per heavy atom. The SMILES string of the molecule is O=C(NC1CC1)c1noc(C2CCCN2CCc2ccc(F)c(F)c2)n1. The van der Waals surface area contributed by atoms with Gasteiger partial charge in [-0.05, 0) is 56.3 Å². The molecule has 8 heteroatoms. The summed E-state index contributed by atoms with van der Waals surface area (Å²) in [6, 6.07) is 4.16. The average Bonchev–Trinajstić information content (AvgIpc) is 3.12. The van der Waals surface area contributed by atoms with Crippen molar-refractivity contribution in [3.8, 4) is 0 Å². The van der Waals surface area contributed by atoms with Crippen LogP contribution < -0.4 is 5.32 Å². The second-order valence-corrected chi connectivity index (χ2v) is 6.90. The van der Waals surface area contributed by atoms with Crippen LogP contribution in [0.3, 0.4) is 0 Å². The Hall–Kier alpha value is -2.35. The summed E-state index contributed by atoms with van der Waals surface area (Å²) in [6.07, 6.45) is 4.43. The maximum Gasteiger partial charge on any atom is 0.292 e. The van der Waals surface area contributed by atoms with E-state index in [9.17, 15) is 13.6 Å². The Balaban J connectivity index is 1.39. The molecule has 2 aromatic rings. The van der Waals surface area contributed by atoms with E-state index in [0.717, 1.165) is 43.9 Å². The van der Waals surface area contributed by atoms with E-state index in [4.69, 9.17) is 4.52 Å². The molecule has 2 heterocycles. The number of carbonyl (C=O) groups is 1. The van der Waals surface area contributed by atoms with Gasteiger partial charge in [0.25, 0.3) is 11.7 Å². The molecule has 138 valence electrons. The van der Waals surface area contributed by atoms with E-state index in [1.807, 2.05) is 0 Å². The third-order valence-electron chi connectivity index (χ3n) is 4.88. The molecule has 1 aromatic heterocycles. The van der Waals surface area contributed by atoms with Gasteiger partial charge in [0.2, 0.25) is 5.89 Å². The Bertz CT molecular complexity index is 806. The molecule has 0 radical (unpaired) electrons. The number of nitrogens with zero attached hydrogens (tertiary/aromatic N) is 3. The summed E-state index contributed by atoms with van der Waals surface area (Å²) in [7, 11) is 0. The molecule has 1 saturated carbocycles. The van der Waals surface area contributed by atoms with Crippen molar-refractivity contribution in [2.75, 3.05) is 13.1 Å². The van der Waals surface area contributed by atoms with Gasteiger partial charge in [0.15, 0.2) is 11.6 Å². The molecule has 1 saturated heterocycles. The molecule has 1 unspecified atom stereocenters. The summed E-state index contributed by atoms with van der Waals surface area (Å²) in [6.45, 7) is 1.53. The molecule has 2 aliphatic rings. The molecule has 1 aliphatic carbocycles. The van der Waals surface area contributed by atoms with Crippen molar-refractivity contribution < 1.29 is 18.1 Å². The highest BCUT2D eigenvalue weighted by Gasteiger charge is 2.32. The van der Waals surface area contributed by atoms with Gasteiger partial charge in [0.05, 0.1) is 6.04 Å². The van der Waals surface area contributed by atoms with Crippen molar-refractivity contribution in [1.82, 2.24) is 20.4 Å². The number of hydrogen-bond donors (Lipinski definition) is 1. The highest BCUT2D eigenvalue weighted by molar-refractivity contribution is 5.90. The van der Waals surface area contributed by atoms with Crippen LogP contribution in [0.1, 0.15) is 53.8 Å². The smallest absolute Gasteiger partial charge is 0.292 e. The second kappa shape index (κ2) is 7.11. The first-order chi connectivity index (χ1) is 12.6. The maximum absolute atomic E-state index is 13.3. The molecule has 0 spiro atoms. The predicted molar refractivity (Wildman–Crippen MR) is 88.4 cm³/mol. The minimum absolute atomic E-state index is 0.0460. The van der Waals surface area contributed by atoms with Crippen LogP contribution in [0.15, 0.2) is 22.7 Å². The highest BCUT2D eigenvalue weighted by Crippen LogP contribution is 2.31. The van der Waals surface area contributed by atoms with Gasteiger partial charge in [0.1, 0.15) is 0 Å². The summed E-state index contributed by atoms with van der Waals surface area (Å²) >= 11 is 0. The third-order valence-corrected chi connectivity index (χ3v) is 4.88. The fourth-order valence-corrected chi connectivity index (χ4v) is 3.28. The topological polar surface area (TPSA) is 71.3 Å². The molecule has 1 aromatic carbocycles. The van der Waals surface area contributed by atoms with Crippen LogP contribution in [-0.2, 0) is 6.42 Å². The van der Waals surface area contributed by atoms with E-state index in [2.05, 4.69) is 20.4 Å². The number of nitrogens with one attached hydrogen (secondary N) is 1. The highest BCUT2D eigenvalue weighted by atomic mass is 19.2. The molecular weight excluding hydrogens is 342 g/mol. The molecule has 26 heavy (non-hydrogen) atoms. The fraction of sp³-hybridized carbons (Fsp3) is 0.500. The van der Waals surface area contributed by atoms with Crippen LogP contribution in [0.2, 0.25) is 0 Å². The Morgan fingerprint density at radius 3 is 2.88 bits per heavy atom. The lowest BCUT2D eigenvalue weighted by Crippen LogP contribution is -2.27. The van der Waals surface area contributed by atoms with Gasteiger partial charge in [-0.3, -0.25) is 9.69 Å². The first-order valence-corrected chi connectivity index (χ1v) is 8.92. The van der Waals surface area contributed by atoms with Gasteiger partial charge < -0.3 is 9.84 Å².